The van der Waals surface area contributed by atoms with Crippen molar-refractivity contribution in [3.8, 4) is 0 Å². The summed E-state index contributed by atoms with van der Waals surface area (Å²) in [5.74, 6) is -0.215. The number of aryl methyl sites for hydroxylation is 1. The van der Waals surface area contributed by atoms with Gasteiger partial charge in [0.1, 0.15) is 0 Å². The summed E-state index contributed by atoms with van der Waals surface area (Å²) in [7, 11) is 3.91. The van der Waals surface area contributed by atoms with Crippen LogP contribution >= 0.6 is 15.9 Å². The molecule has 164 valence electrons. The molecule has 0 atom stereocenters. The molecule has 2 heterocycles. The number of benzene rings is 1. The third-order valence-corrected chi connectivity index (χ3v) is 6.33. The molecule has 31 heavy (non-hydrogen) atoms. The highest BCUT2D eigenvalue weighted by atomic mass is 79.9. The lowest BCUT2D eigenvalue weighted by Gasteiger charge is -2.15. The number of aromatic nitrogens is 3. The van der Waals surface area contributed by atoms with Crippen molar-refractivity contribution in [3.05, 3.63) is 61.6 Å². The number of hydrogen-bond donors (Lipinski definition) is 2. The van der Waals surface area contributed by atoms with Crippen LogP contribution in [0.1, 0.15) is 58.9 Å². The lowest BCUT2D eigenvalue weighted by atomic mass is 10.1. The molecule has 1 fully saturated rings. The fourth-order valence-electron chi connectivity index (χ4n) is 4.46. The average molecular weight is 486 g/mol. The van der Waals surface area contributed by atoms with E-state index in [0.717, 1.165) is 39.5 Å². The number of carbonyl (C=O) groups is 1. The first kappa shape index (κ1) is 21.8. The highest BCUT2D eigenvalue weighted by molar-refractivity contribution is 9.10. The molecule has 8 heteroatoms. The monoisotopic (exact) mass is 485 g/mol. The number of H-pyrrole nitrogens is 1. The molecule has 0 spiro atoms. The number of aromatic amines is 1. The van der Waals surface area contributed by atoms with Crippen LogP contribution in [-0.4, -0.2) is 39.7 Å². The molecule has 0 saturated heterocycles. The summed E-state index contributed by atoms with van der Waals surface area (Å²) in [6.45, 7) is 2.66. The minimum Gasteiger partial charge on any atom is -0.348 e. The Morgan fingerprint density at radius 1 is 1.29 bits per heavy atom. The van der Waals surface area contributed by atoms with Crippen LogP contribution in [0.15, 0.2) is 33.7 Å². The number of halogens is 1. The maximum atomic E-state index is 13.1. The van der Waals surface area contributed by atoms with Crippen LogP contribution in [0.3, 0.4) is 0 Å². The quantitative estimate of drug-likeness (QED) is 0.554. The van der Waals surface area contributed by atoms with E-state index in [1.54, 1.807) is 6.20 Å². The molecule has 2 aromatic heterocycles. The Morgan fingerprint density at radius 3 is 2.74 bits per heavy atom. The molecule has 1 saturated carbocycles. The third-order valence-electron chi connectivity index (χ3n) is 5.87. The van der Waals surface area contributed by atoms with Crippen molar-refractivity contribution in [2.24, 2.45) is 0 Å². The number of fused-ring (bicyclic) bond motifs is 1. The van der Waals surface area contributed by atoms with E-state index in [1.807, 2.05) is 44.1 Å². The number of nitrogens with zero attached hydrogens (tertiary/aromatic N) is 3. The van der Waals surface area contributed by atoms with Gasteiger partial charge in [0.25, 0.3) is 11.5 Å². The van der Waals surface area contributed by atoms with Gasteiger partial charge in [-0.2, -0.15) is 5.10 Å². The molecule has 0 radical (unpaired) electrons. The molecular weight excluding hydrogens is 458 g/mol. The Labute approximate surface area is 190 Å². The van der Waals surface area contributed by atoms with Gasteiger partial charge in [-0.25, -0.2) is 0 Å². The van der Waals surface area contributed by atoms with Gasteiger partial charge >= 0.3 is 0 Å². The van der Waals surface area contributed by atoms with Gasteiger partial charge in [0.2, 0.25) is 0 Å². The number of nitrogens with one attached hydrogen (secondary N) is 2. The highest BCUT2D eigenvalue weighted by Crippen LogP contribution is 2.33. The Balaban J connectivity index is 1.62. The Kier molecular flexibility index (Phi) is 6.29. The van der Waals surface area contributed by atoms with Crippen molar-refractivity contribution in [2.45, 2.75) is 51.7 Å². The molecule has 0 unspecified atom stereocenters. The van der Waals surface area contributed by atoms with Crippen LogP contribution < -0.4 is 10.9 Å². The molecule has 4 rings (SSSR count). The largest absolute Gasteiger partial charge is 0.348 e. The summed E-state index contributed by atoms with van der Waals surface area (Å²) in [6.07, 6.45) is 6.46. The Bertz CT molecular complexity index is 1170. The number of hydrogen-bond acceptors (Lipinski definition) is 4. The predicted octanol–water partition coefficient (Wildman–Crippen LogP) is 3.90. The highest BCUT2D eigenvalue weighted by Gasteiger charge is 2.22. The van der Waals surface area contributed by atoms with Crippen molar-refractivity contribution < 1.29 is 4.79 Å². The lowest BCUT2D eigenvalue weighted by molar-refractivity contribution is 0.0952. The van der Waals surface area contributed by atoms with Crippen LogP contribution in [0.5, 0.6) is 0 Å². The first-order valence-electron chi connectivity index (χ1n) is 10.6. The summed E-state index contributed by atoms with van der Waals surface area (Å²) in [6, 6.07) is 6.20. The predicted molar refractivity (Wildman–Crippen MR) is 125 cm³/mol. The zero-order valence-corrected chi connectivity index (χ0v) is 19.8. The van der Waals surface area contributed by atoms with Gasteiger partial charge in [0.05, 0.1) is 23.3 Å². The molecule has 1 aromatic carbocycles. The third kappa shape index (κ3) is 4.60. The summed E-state index contributed by atoms with van der Waals surface area (Å²) >= 11 is 3.55. The van der Waals surface area contributed by atoms with E-state index in [9.17, 15) is 9.59 Å². The number of amides is 1. The molecule has 3 aromatic rings. The minimum absolute atomic E-state index is 0.161. The van der Waals surface area contributed by atoms with Crippen molar-refractivity contribution >= 4 is 32.7 Å². The fourth-order valence-corrected chi connectivity index (χ4v) is 4.91. The number of rotatable bonds is 6. The van der Waals surface area contributed by atoms with E-state index in [4.69, 9.17) is 0 Å². The SMILES string of the molecule is Cc1cc(CN(C)C)c(CNC(=O)c2cc(Br)cc3c2cnn3C2CCCC2)c(=O)[nH]1. The molecule has 1 amide bonds. The smallest absolute Gasteiger partial charge is 0.253 e. The lowest BCUT2D eigenvalue weighted by Crippen LogP contribution is -2.29. The average Bonchev–Trinajstić information content (AvgIpc) is 3.35. The van der Waals surface area contributed by atoms with E-state index < -0.39 is 0 Å². The van der Waals surface area contributed by atoms with E-state index in [2.05, 4.69) is 36.0 Å². The van der Waals surface area contributed by atoms with Crippen molar-refractivity contribution in [2.75, 3.05) is 14.1 Å². The van der Waals surface area contributed by atoms with Gasteiger partial charge in [-0.05, 0) is 57.6 Å². The van der Waals surface area contributed by atoms with E-state index in [-0.39, 0.29) is 18.0 Å². The van der Waals surface area contributed by atoms with E-state index in [1.165, 1.54) is 12.8 Å². The van der Waals surface area contributed by atoms with Gasteiger partial charge in [0, 0.05) is 34.2 Å². The number of pyridine rings is 1. The van der Waals surface area contributed by atoms with Crippen LogP contribution in [-0.2, 0) is 13.1 Å². The molecule has 0 aliphatic heterocycles. The van der Waals surface area contributed by atoms with Gasteiger partial charge in [-0.1, -0.05) is 28.8 Å². The second kappa shape index (κ2) is 8.96. The molecule has 1 aliphatic carbocycles. The van der Waals surface area contributed by atoms with Crippen molar-refractivity contribution in [1.29, 1.82) is 0 Å². The zero-order chi connectivity index (χ0) is 22.1. The molecule has 0 bridgehead atoms. The summed E-state index contributed by atoms with van der Waals surface area (Å²) < 4.78 is 2.90. The van der Waals surface area contributed by atoms with Crippen molar-refractivity contribution in [3.63, 3.8) is 0 Å². The van der Waals surface area contributed by atoms with Crippen LogP contribution in [0.4, 0.5) is 0 Å². The maximum absolute atomic E-state index is 13.1. The van der Waals surface area contributed by atoms with Gasteiger partial charge < -0.3 is 15.2 Å². The standard InChI is InChI=1S/C23H28BrN5O2/c1-14-8-15(13-28(2)3)19(23(31)27-14)11-25-22(30)18-9-16(24)10-21-20(18)12-26-29(21)17-6-4-5-7-17/h8-10,12,17H,4-7,11,13H2,1-3H3,(H,25,30)(H,27,31). The van der Waals surface area contributed by atoms with Gasteiger partial charge in [-0.15, -0.1) is 0 Å². The molecule has 1 aliphatic rings. The maximum Gasteiger partial charge on any atom is 0.253 e. The summed E-state index contributed by atoms with van der Waals surface area (Å²) in [5, 5.41) is 8.39. The second-order valence-corrected chi connectivity index (χ2v) is 9.53. The minimum atomic E-state index is -0.215. The second-order valence-electron chi connectivity index (χ2n) is 8.62. The van der Waals surface area contributed by atoms with Gasteiger partial charge in [-0.3, -0.25) is 14.3 Å². The fraction of sp³-hybridized carbons (Fsp3) is 0.435. The van der Waals surface area contributed by atoms with E-state index in [0.29, 0.717) is 23.7 Å². The first-order valence-corrected chi connectivity index (χ1v) is 11.4. The normalized spacial score (nSPS) is 14.6. The zero-order valence-electron chi connectivity index (χ0n) is 18.2. The Morgan fingerprint density at radius 2 is 2.03 bits per heavy atom. The molecular formula is C23H28BrN5O2. The van der Waals surface area contributed by atoms with Crippen LogP contribution in [0.25, 0.3) is 10.9 Å². The first-order chi connectivity index (χ1) is 14.8. The Hall–Kier alpha value is -2.45. The van der Waals surface area contributed by atoms with E-state index >= 15 is 0 Å². The van der Waals surface area contributed by atoms with Crippen LogP contribution in [0.2, 0.25) is 0 Å². The molecule has 2 N–H and O–H groups in total. The summed E-state index contributed by atoms with van der Waals surface area (Å²) in [5.41, 5.74) is 3.68. The molecule has 7 nitrogen and oxygen atoms in total. The van der Waals surface area contributed by atoms with Crippen molar-refractivity contribution in [1.82, 2.24) is 25.0 Å². The number of carbonyl (C=O) groups excluding carboxylic acids is 1. The van der Waals surface area contributed by atoms with Gasteiger partial charge in [0.15, 0.2) is 0 Å². The topological polar surface area (TPSA) is 83.0 Å². The van der Waals surface area contributed by atoms with Crippen LogP contribution in [0, 0.1) is 6.92 Å². The summed E-state index contributed by atoms with van der Waals surface area (Å²) in [4.78, 5) is 30.5.